The maximum Gasteiger partial charge on any atom is 0.239 e. The number of pyridine rings is 1. The molecule has 6 heteroatoms. The predicted octanol–water partition coefficient (Wildman–Crippen LogP) is -0.203. The molecule has 0 bridgehead atoms. The van der Waals surface area contributed by atoms with Gasteiger partial charge in [-0.3, -0.25) is 14.6 Å². The van der Waals surface area contributed by atoms with Gasteiger partial charge in [0, 0.05) is 18.9 Å². The first-order valence-electron chi connectivity index (χ1n) is 6.19. The maximum absolute atomic E-state index is 11.5. The summed E-state index contributed by atoms with van der Waals surface area (Å²) < 4.78 is 0. The molecule has 19 heavy (non-hydrogen) atoms. The van der Waals surface area contributed by atoms with Crippen molar-refractivity contribution in [3.05, 3.63) is 30.1 Å². The van der Waals surface area contributed by atoms with Crippen molar-refractivity contribution < 1.29 is 9.59 Å². The SMILES string of the molecule is CC(C)[C@H](N)C(=O)NCC(=O)NCc1cccnc1. The highest BCUT2D eigenvalue weighted by atomic mass is 16.2. The van der Waals surface area contributed by atoms with Gasteiger partial charge in [-0.15, -0.1) is 0 Å². The average Bonchev–Trinajstić information content (AvgIpc) is 2.42. The van der Waals surface area contributed by atoms with E-state index < -0.39 is 6.04 Å². The molecule has 0 saturated carbocycles. The van der Waals surface area contributed by atoms with E-state index in [0.717, 1.165) is 5.56 Å². The van der Waals surface area contributed by atoms with Crippen LogP contribution in [0.3, 0.4) is 0 Å². The lowest BCUT2D eigenvalue weighted by molar-refractivity contribution is -0.127. The Kier molecular flexibility index (Phi) is 5.95. The molecular weight excluding hydrogens is 244 g/mol. The minimum atomic E-state index is -0.592. The van der Waals surface area contributed by atoms with Crippen molar-refractivity contribution >= 4 is 11.8 Å². The highest BCUT2D eigenvalue weighted by Gasteiger charge is 2.17. The smallest absolute Gasteiger partial charge is 0.239 e. The number of nitrogens with zero attached hydrogens (tertiary/aromatic N) is 1. The van der Waals surface area contributed by atoms with Crippen LogP contribution in [0, 0.1) is 5.92 Å². The number of rotatable bonds is 6. The third kappa shape index (κ3) is 5.48. The Morgan fingerprint density at radius 2 is 2.11 bits per heavy atom. The number of nitrogens with two attached hydrogens (primary N) is 1. The molecule has 0 unspecified atom stereocenters. The fraction of sp³-hybridized carbons (Fsp3) is 0.462. The summed E-state index contributed by atoms with van der Waals surface area (Å²) in [6, 6.07) is 3.07. The molecule has 104 valence electrons. The highest BCUT2D eigenvalue weighted by molar-refractivity contribution is 5.87. The molecule has 1 aromatic rings. The summed E-state index contributed by atoms with van der Waals surface area (Å²) in [5, 5.41) is 5.20. The lowest BCUT2D eigenvalue weighted by atomic mass is 10.1. The molecule has 0 aliphatic heterocycles. The molecular formula is C13H20N4O2. The van der Waals surface area contributed by atoms with Gasteiger partial charge < -0.3 is 16.4 Å². The molecule has 0 aromatic carbocycles. The van der Waals surface area contributed by atoms with E-state index in [2.05, 4.69) is 15.6 Å². The van der Waals surface area contributed by atoms with E-state index in [4.69, 9.17) is 5.73 Å². The summed E-state index contributed by atoms with van der Waals surface area (Å²) in [7, 11) is 0. The fourth-order valence-corrected chi connectivity index (χ4v) is 1.35. The van der Waals surface area contributed by atoms with Crippen LogP contribution < -0.4 is 16.4 Å². The molecule has 0 aliphatic rings. The van der Waals surface area contributed by atoms with Gasteiger partial charge in [0.25, 0.3) is 0 Å². The summed E-state index contributed by atoms with van der Waals surface area (Å²) >= 11 is 0. The number of hydrogen-bond donors (Lipinski definition) is 3. The van der Waals surface area contributed by atoms with E-state index in [1.165, 1.54) is 0 Å². The maximum atomic E-state index is 11.5. The second kappa shape index (κ2) is 7.48. The number of hydrogen-bond acceptors (Lipinski definition) is 4. The van der Waals surface area contributed by atoms with Gasteiger partial charge in [-0.05, 0) is 17.5 Å². The van der Waals surface area contributed by atoms with Crippen LogP contribution in [0.15, 0.2) is 24.5 Å². The third-order valence-corrected chi connectivity index (χ3v) is 2.66. The van der Waals surface area contributed by atoms with E-state index >= 15 is 0 Å². The average molecular weight is 264 g/mol. The summed E-state index contributed by atoms with van der Waals surface area (Å²) in [6.45, 7) is 4.03. The molecule has 6 nitrogen and oxygen atoms in total. The van der Waals surface area contributed by atoms with Gasteiger partial charge in [0.05, 0.1) is 12.6 Å². The second-order valence-corrected chi connectivity index (χ2v) is 4.63. The van der Waals surface area contributed by atoms with Gasteiger partial charge in [0.15, 0.2) is 0 Å². The number of amides is 2. The lowest BCUT2D eigenvalue weighted by Crippen LogP contribution is -2.47. The van der Waals surface area contributed by atoms with Gasteiger partial charge >= 0.3 is 0 Å². The number of carbonyl (C=O) groups is 2. The van der Waals surface area contributed by atoms with Crippen molar-refractivity contribution in [2.45, 2.75) is 26.4 Å². The van der Waals surface area contributed by atoms with Gasteiger partial charge in [-0.25, -0.2) is 0 Å². The largest absolute Gasteiger partial charge is 0.350 e. The molecule has 0 fully saturated rings. The first kappa shape index (κ1) is 15.1. The van der Waals surface area contributed by atoms with Crippen LogP contribution in [-0.4, -0.2) is 29.4 Å². The lowest BCUT2D eigenvalue weighted by Gasteiger charge is -2.15. The minimum Gasteiger partial charge on any atom is -0.350 e. The fourth-order valence-electron chi connectivity index (χ4n) is 1.35. The van der Waals surface area contributed by atoms with Crippen LogP contribution >= 0.6 is 0 Å². The second-order valence-electron chi connectivity index (χ2n) is 4.63. The van der Waals surface area contributed by atoms with Crippen molar-refractivity contribution in [3.63, 3.8) is 0 Å². The van der Waals surface area contributed by atoms with Crippen LogP contribution in [-0.2, 0) is 16.1 Å². The summed E-state index contributed by atoms with van der Waals surface area (Å²) in [6.07, 6.45) is 3.34. The zero-order valence-corrected chi connectivity index (χ0v) is 11.2. The molecule has 0 saturated heterocycles. The summed E-state index contributed by atoms with van der Waals surface area (Å²) in [5.41, 5.74) is 6.56. The van der Waals surface area contributed by atoms with E-state index in [1.807, 2.05) is 19.9 Å². The molecule has 1 aromatic heterocycles. The Bertz CT molecular complexity index is 420. The van der Waals surface area contributed by atoms with Gasteiger partial charge in [-0.1, -0.05) is 19.9 Å². The van der Waals surface area contributed by atoms with Crippen LogP contribution in [0.2, 0.25) is 0 Å². The Labute approximate surface area is 112 Å². The number of nitrogens with one attached hydrogen (secondary N) is 2. The molecule has 4 N–H and O–H groups in total. The molecule has 2 amide bonds. The molecule has 1 rings (SSSR count). The Morgan fingerprint density at radius 1 is 1.37 bits per heavy atom. The quantitative estimate of drug-likeness (QED) is 0.662. The van der Waals surface area contributed by atoms with Crippen LogP contribution in [0.1, 0.15) is 19.4 Å². The summed E-state index contributed by atoms with van der Waals surface area (Å²) in [4.78, 5) is 27.0. The van der Waals surface area contributed by atoms with Crippen LogP contribution in [0.4, 0.5) is 0 Å². The first-order chi connectivity index (χ1) is 9.00. The van der Waals surface area contributed by atoms with Crippen molar-refractivity contribution in [1.29, 1.82) is 0 Å². The van der Waals surface area contributed by atoms with Gasteiger partial charge in [0.2, 0.25) is 11.8 Å². The molecule has 0 spiro atoms. The Balaban J connectivity index is 2.27. The van der Waals surface area contributed by atoms with Crippen molar-refractivity contribution in [1.82, 2.24) is 15.6 Å². The topological polar surface area (TPSA) is 97.1 Å². The minimum absolute atomic E-state index is 0.0402. The Morgan fingerprint density at radius 3 is 2.68 bits per heavy atom. The van der Waals surface area contributed by atoms with Gasteiger partial charge in [-0.2, -0.15) is 0 Å². The van der Waals surface area contributed by atoms with Crippen molar-refractivity contribution in [2.24, 2.45) is 11.7 Å². The van der Waals surface area contributed by atoms with Crippen LogP contribution in [0.5, 0.6) is 0 Å². The normalized spacial score (nSPS) is 12.0. The highest BCUT2D eigenvalue weighted by Crippen LogP contribution is 1.97. The van der Waals surface area contributed by atoms with Gasteiger partial charge in [0.1, 0.15) is 0 Å². The van der Waals surface area contributed by atoms with E-state index in [9.17, 15) is 9.59 Å². The summed E-state index contributed by atoms with van der Waals surface area (Å²) in [5.74, 6) is -0.529. The van der Waals surface area contributed by atoms with E-state index in [0.29, 0.717) is 6.54 Å². The van der Waals surface area contributed by atoms with E-state index in [1.54, 1.807) is 18.5 Å². The van der Waals surface area contributed by atoms with E-state index in [-0.39, 0.29) is 24.3 Å². The number of carbonyl (C=O) groups excluding carboxylic acids is 2. The third-order valence-electron chi connectivity index (χ3n) is 2.66. The van der Waals surface area contributed by atoms with Crippen LogP contribution in [0.25, 0.3) is 0 Å². The van der Waals surface area contributed by atoms with Crippen molar-refractivity contribution in [2.75, 3.05) is 6.54 Å². The van der Waals surface area contributed by atoms with Crippen molar-refractivity contribution in [3.8, 4) is 0 Å². The first-order valence-corrected chi connectivity index (χ1v) is 6.19. The molecule has 1 atom stereocenters. The zero-order valence-electron chi connectivity index (χ0n) is 11.2. The monoisotopic (exact) mass is 264 g/mol. The standard InChI is InChI=1S/C13H20N4O2/c1-9(2)12(14)13(19)17-8-11(18)16-7-10-4-3-5-15-6-10/h3-6,9,12H,7-8,14H2,1-2H3,(H,16,18)(H,17,19)/t12-/m0/s1. The molecule has 0 radical (unpaired) electrons. The number of aromatic nitrogens is 1. The zero-order chi connectivity index (χ0) is 14.3. The Hall–Kier alpha value is -1.95. The molecule has 0 aliphatic carbocycles. The molecule has 1 heterocycles. The predicted molar refractivity (Wildman–Crippen MR) is 71.9 cm³/mol.